The standard InChI is InChI=1S/C13H14BrN3O2/c1-8-5-9(14)3-4-10(8)17-13(18)11-6-16-12(19-11)7-15-2/h3-6,15H,7H2,1-2H3,(H,17,18). The Morgan fingerprint density at radius 2 is 2.26 bits per heavy atom. The summed E-state index contributed by atoms with van der Waals surface area (Å²) in [5.74, 6) is 0.382. The Morgan fingerprint density at radius 1 is 1.47 bits per heavy atom. The van der Waals surface area contributed by atoms with Crippen LogP contribution in [0.1, 0.15) is 22.0 Å². The number of hydrogen-bond acceptors (Lipinski definition) is 4. The van der Waals surface area contributed by atoms with Gasteiger partial charge >= 0.3 is 0 Å². The maximum absolute atomic E-state index is 12.0. The molecule has 2 rings (SSSR count). The number of nitrogens with zero attached hydrogens (tertiary/aromatic N) is 1. The van der Waals surface area contributed by atoms with E-state index in [4.69, 9.17) is 4.42 Å². The van der Waals surface area contributed by atoms with Crippen molar-refractivity contribution in [3.05, 3.63) is 46.1 Å². The molecule has 2 N–H and O–H groups in total. The predicted octanol–water partition coefficient (Wildman–Crippen LogP) is 2.72. The van der Waals surface area contributed by atoms with E-state index in [1.54, 1.807) is 7.05 Å². The smallest absolute Gasteiger partial charge is 0.293 e. The van der Waals surface area contributed by atoms with Gasteiger partial charge in [-0.25, -0.2) is 4.98 Å². The summed E-state index contributed by atoms with van der Waals surface area (Å²) in [5.41, 5.74) is 1.72. The number of anilines is 1. The van der Waals surface area contributed by atoms with Gasteiger partial charge in [-0.2, -0.15) is 0 Å². The van der Waals surface area contributed by atoms with Gasteiger partial charge in [0.05, 0.1) is 12.7 Å². The molecule has 1 heterocycles. The van der Waals surface area contributed by atoms with Crippen molar-refractivity contribution in [3.8, 4) is 0 Å². The number of rotatable bonds is 4. The molecule has 0 fully saturated rings. The van der Waals surface area contributed by atoms with Gasteiger partial charge in [-0.1, -0.05) is 15.9 Å². The first kappa shape index (κ1) is 13.8. The fraction of sp³-hybridized carbons (Fsp3) is 0.231. The van der Waals surface area contributed by atoms with E-state index in [0.29, 0.717) is 12.4 Å². The number of aryl methyl sites for hydroxylation is 1. The molecule has 0 atom stereocenters. The number of carbonyl (C=O) groups is 1. The second-order valence-electron chi connectivity index (χ2n) is 4.06. The van der Waals surface area contributed by atoms with Gasteiger partial charge in [0.1, 0.15) is 0 Å². The molecule has 5 nitrogen and oxygen atoms in total. The van der Waals surface area contributed by atoms with Crippen molar-refractivity contribution in [1.82, 2.24) is 10.3 Å². The summed E-state index contributed by atoms with van der Waals surface area (Å²) in [6.45, 7) is 2.41. The van der Waals surface area contributed by atoms with E-state index in [2.05, 4.69) is 31.5 Å². The molecule has 1 amide bonds. The maximum Gasteiger partial charge on any atom is 0.293 e. The number of nitrogens with one attached hydrogen (secondary N) is 2. The number of carbonyl (C=O) groups excluding carboxylic acids is 1. The van der Waals surface area contributed by atoms with Gasteiger partial charge in [0, 0.05) is 10.2 Å². The van der Waals surface area contributed by atoms with E-state index in [0.717, 1.165) is 15.7 Å². The van der Waals surface area contributed by atoms with Crippen LogP contribution in [-0.2, 0) is 6.54 Å². The third-order valence-electron chi connectivity index (χ3n) is 2.54. The van der Waals surface area contributed by atoms with Crippen LogP contribution in [0, 0.1) is 6.92 Å². The lowest BCUT2D eigenvalue weighted by atomic mass is 10.2. The zero-order valence-corrected chi connectivity index (χ0v) is 12.2. The second-order valence-corrected chi connectivity index (χ2v) is 4.98. The predicted molar refractivity (Wildman–Crippen MR) is 76.1 cm³/mol. The molecule has 2 aromatic rings. The van der Waals surface area contributed by atoms with Crippen LogP contribution >= 0.6 is 15.9 Å². The molecule has 0 saturated carbocycles. The van der Waals surface area contributed by atoms with Gasteiger partial charge in [-0.05, 0) is 37.7 Å². The highest BCUT2D eigenvalue weighted by Crippen LogP contribution is 2.20. The topological polar surface area (TPSA) is 67.2 Å². The Morgan fingerprint density at radius 3 is 2.95 bits per heavy atom. The lowest BCUT2D eigenvalue weighted by molar-refractivity contribution is 0.0994. The first-order chi connectivity index (χ1) is 9.10. The Kier molecular flexibility index (Phi) is 4.34. The lowest BCUT2D eigenvalue weighted by Crippen LogP contribution is -2.12. The van der Waals surface area contributed by atoms with Gasteiger partial charge < -0.3 is 15.1 Å². The maximum atomic E-state index is 12.0. The van der Waals surface area contributed by atoms with Crippen LogP contribution in [-0.4, -0.2) is 17.9 Å². The Bertz CT molecular complexity index is 595. The summed E-state index contributed by atoms with van der Waals surface area (Å²) in [7, 11) is 1.79. The Hall–Kier alpha value is -1.66. The molecule has 6 heteroatoms. The fourth-order valence-corrected chi connectivity index (χ4v) is 2.07. The molecule has 0 saturated heterocycles. The van der Waals surface area contributed by atoms with Gasteiger partial charge in [0.2, 0.25) is 11.7 Å². The molecule has 100 valence electrons. The van der Waals surface area contributed by atoms with Crippen LogP contribution in [0.2, 0.25) is 0 Å². The van der Waals surface area contributed by atoms with Crippen molar-refractivity contribution in [2.75, 3.05) is 12.4 Å². The van der Waals surface area contributed by atoms with E-state index >= 15 is 0 Å². The SMILES string of the molecule is CNCc1ncc(C(=O)Nc2ccc(Br)cc2C)o1. The number of halogens is 1. The lowest BCUT2D eigenvalue weighted by Gasteiger charge is -2.06. The summed E-state index contributed by atoms with van der Waals surface area (Å²) in [4.78, 5) is 16.0. The van der Waals surface area contributed by atoms with E-state index in [9.17, 15) is 4.79 Å². The summed E-state index contributed by atoms with van der Waals surface area (Å²) in [5, 5.41) is 5.70. The molecule has 0 radical (unpaired) electrons. The first-order valence-electron chi connectivity index (χ1n) is 5.77. The van der Waals surface area contributed by atoms with Gasteiger partial charge in [-0.15, -0.1) is 0 Å². The Labute approximate surface area is 119 Å². The average molecular weight is 324 g/mol. The number of aromatic nitrogens is 1. The van der Waals surface area contributed by atoms with Crippen molar-refractivity contribution in [2.24, 2.45) is 0 Å². The molecule has 0 bridgehead atoms. The van der Waals surface area contributed by atoms with Crippen molar-refractivity contribution in [1.29, 1.82) is 0 Å². The molecular formula is C13H14BrN3O2. The van der Waals surface area contributed by atoms with Gasteiger partial charge in [-0.3, -0.25) is 4.79 Å². The second kappa shape index (κ2) is 5.99. The monoisotopic (exact) mass is 323 g/mol. The van der Waals surface area contributed by atoms with E-state index in [1.165, 1.54) is 6.20 Å². The molecule has 19 heavy (non-hydrogen) atoms. The van der Waals surface area contributed by atoms with E-state index in [1.807, 2.05) is 25.1 Å². The van der Waals surface area contributed by atoms with Gasteiger partial charge in [0.15, 0.2) is 0 Å². The number of amides is 1. The average Bonchev–Trinajstić information content (AvgIpc) is 2.82. The number of benzene rings is 1. The molecule has 0 unspecified atom stereocenters. The summed E-state index contributed by atoms with van der Waals surface area (Å²) < 4.78 is 6.30. The van der Waals surface area contributed by atoms with Crippen LogP contribution in [0.4, 0.5) is 5.69 Å². The third kappa shape index (κ3) is 3.42. The van der Waals surface area contributed by atoms with Crippen molar-refractivity contribution < 1.29 is 9.21 Å². The first-order valence-corrected chi connectivity index (χ1v) is 6.56. The van der Waals surface area contributed by atoms with Crippen LogP contribution < -0.4 is 10.6 Å². The van der Waals surface area contributed by atoms with Crippen LogP contribution in [0.15, 0.2) is 33.3 Å². The van der Waals surface area contributed by atoms with Crippen molar-refractivity contribution in [2.45, 2.75) is 13.5 Å². The highest BCUT2D eigenvalue weighted by molar-refractivity contribution is 9.10. The third-order valence-corrected chi connectivity index (χ3v) is 3.04. The van der Waals surface area contributed by atoms with Crippen LogP contribution in [0.3, 0.4) is 0 Å². The summed E-state index contributed by atoms with van der Waals surface area (Å²) in [6.07, 6.45) is 1.43. The molecular weight excluding hydrogens is 310 g/mol. The molecule has 0 aliphatic carbocycles. The fourth-order valence-electron chi connectivity index (χ4n) is 1.60. The zero-order chi connectivity index (χ0) is 13.8. The quantitative estimate of drug-likeness (QED) is 0.907. The minimum atomic E-state index is -0.305. The van der Waals surface area contributed by atoms with E-state index in [-0.39, 0.29) is 11.7 Å². The molecule has 1 aromatic heterocycles. The van der Waals surface area contributed by atoms with E-state index < -0.39 is 0 Å². The molecule has 0 aliphatic rings. The number of oxazole rings is 1. The molecule has 0 spiro atoms. The van der Waals surface area contributed by atoms with Crippen molar-refractivity contribution in [3.63, 3.8) is 0 Å². The van der Waals surface area contributed by atoms with Crippen LogP contribution in [0.5, 0.6) is 0 Å². The minimum Gasteiger partial charge on any atom is -0.434 e. The summed E-state index contributed by atoms with van der Waals surface area (Å²) >= 11 is 3.38. The highest BCUT2D eigenvalue weighted by Gasteiger charge is 2.13. The minimum absolute atomic E-state index is 0.201. The summed E-state index contributed by atoms with van der Waals surface area (Å²) in [6, 6.07) is 5.64. The molecule has 0 aliphatic heterocycles. The highest BCUT2D eigenvalue weighted by atomic mass is 79.9. The van der Waals surface area contributed by atoms with Crippen LogP contribution in [0.25, 0.3) is 0 Å². The van der Waals surface area contributed by atoms with Crippen molar-refractivity contribution >= 4 is 27.5 Å². The van der Waals surface area contributed by atoms with Gasteiger partial charge in [0.25, 0.3) is 5.91 Å². The molecule has 1 aromatic carbocycles. The number of hydrogen-bond donors (Lipinski definition) is 2. The Balaban J connectivity index is 2.11. The normalized spacial score (nSPS) is 10.5. The zero-order valence-electron chi connectivity index (χ0n) is 10.7. The largest absolute Gasteiger partial charge is 0.434 e.